The molecule has 5 rings (SSSR count). The van der Waals surface area contributed by atoms with E-state index in [4.69, 9.17) is 29.8 Å². The summed E-state index contributed by atoms with van der Waals surface area (Å²) in [5.41, 5.74) is 7.11. The predicted molar refractivity (Wildman–Crippen MR) is 181 cm³/mol. The Kier molecular flexibility index (Phi) is 11.7. The minimum absolute atomic E-state index is 0.00307. The lowest BCUT2D eigenvalue weighted by molar-refractivity contribution is -0.155. The zero-order valence-corrected chi connectivity index (χ0v) is 28.1. The molecule has 48 heavy (non-hydrogen) atoms. The fourth-order valence-electron chi connectivity index (χ4n) is 6.20. The van der Waals surface area contributed by atoms with E-state index in [1.165, 1.54) is 0 Å². The lowest BCUT2D eigenvalue weighted by Crippen LogP contribution is -2.43. The van der Waals surface area contributed by atoms with Crippen molar-refractivity contribution in [1.82, 2.24) is 14.7 Å². The zero-order chi connectivity index (χ0) is 34.1. The average molecular weight is 662 g/mol. The second-order valence-electron chi connectivity index (χ2n) is 13.2. The number of primary amides is 1. The fourth-order valence-corrected chi connectivity index (χ4v) is 6.20. The number of esters is 1. The number of amides is 2. The first-order chi connectivity index (χ1) is 23.1. The van der Waals surface area contributed by atoms with Crippen LogP contribution < -0.4 is 15.8 Å². The Labute approximate surface area is 281 Å². The highest BCUT2D eigenvalue weighted by Crippen LogP contribution is 2.40. The van der Waals surface area contributed by atoms with E-state index in [2.05, 4.69) is 5.32 Å². The number of carbonyl (C=O) groups is 3. The Morgan fingerprint density at radius 1 is 0.917 bits per heavy atom. The summed E-state index contributed by atoms with van der Waals surface area (Å²) >= 11 is 0. The van der Waals surface area contributed by atoms with E-state index in [9.17, 15) is 14.4 Å². The van der Waals surface area contributed by atoms with Gasteiger partial charge in [-0.2, -0.15) is 5.10 Å². The summed E-state index contributed by atoms with van der Waals surface area (Å²) in [5, 5.41) is 8.31. The van der Waals surface area contributed by atoms with Crippen molar-refractivity contribution in [2.24, 2.45) is 11.7 Å². The van der Waals surface area contributed by atoms with E-state index in [1.54, 1.807) is 0 Å². The molecule has 1 atom stereocenters. The third kappa shape index (κ3) is 9.35. The lowest BCUT2D eigenvalue weighted by Gasteiger charge is -2.38. The van der Waals surface area contributed by atoms with Gasteiger partial charge < -0.3 is 34.9 Å². The van der Waals surface area contributed by atoms with Crippen molar-refractivity contribution >= 4 is 23.6 Å². The number of likely N-dealkylation sites (tertiary alicyclic amines) is 1. The average Bonchev–Trinajstić information content (AvgIpc) is 3.46. The summed E-state index contributed by atoms with van der Waals surface area (Å²) < 4.78 is 24.2. The number of nitrogens with one attached hydrogen (secondary N) is 1. The maximum absolute atomic E-state index is 12.8. The van der Waals surface area contributed by atoms with E-state index >= 15 is 0 Å². The molecule has 2 aliphatic heterocycles. The molecule has 0 spiro atoms. The fraction of sp³-hybridized carbons (Fsp3) is 0.500. The third-order valence-corrected chi connectivity index (χ3v) is 8.43. The molecule has 3 aromatic rings. The Hall–Kier alpha value is -4.42. The van der Waals surface area contributed by atoms with E-state index in [0.717, 1.165) is 30.6 Å². The Bertz CT molecular complexity index is 1530. The van der Waals surface area contributed by atoms with Crippen LogP contribution in [0.3, 0.4) is 0 Å². The van der Waals surface area contributed by atoms with Crippen molar-refractivity contribution in [3.63, 3.8) is 0 Å². The quantitative estimate of drug-likeness (QED) is 0.176. The number of hydrogen-bond donors (Lipinski definition) is 2. The molecular weight excluding hydrogens is 614 g/mol. The molecule has 0 aliphatic carbocycles. The number of anilines is 1. The van der Waals surface area contributed by atoms with Gasteiger partial charge in [0.25, 0.3) is 5.91 Å². The number of piperidine rings is 1. The van der Waals surface area contributed by atoms with Crippen molar-refractivity contribution in [3.05, 3.63) is 60.2 Å². The number of fused-ring (bicyclic) bond motifs is 1. The minimum Gasteiger partial charge on any atom is -0.460 e. The summed E-state index contributed by atoms with van der Waals surface area (Å²) in [4.78, 5) is 39.1. The van der Waals surface area contributed by atoms with Gasteiger partial charge >= 0.3 is 5.97 Å². The predicted octanol–water partition coefficient (Wildman–Crippen LogP) is 5.19. The number of nitrogens with two attached hydrogens (primary N) is 1. The van der Waals surface area contributed by atoms with Crippen molar-refractivity contribution in [2.45, 2.75) is 64.5 Å². The maximum Gasteiger partial charge on any atom is 0.306 e. The van der Waals surface area contributed by atoms with Gasteiger partial charge in [-0.15, -0.1) is 0 Å². The van der Waals surface area contributed by atoms with Crippen LogP contribution in [-0.4, -0.2) is 84.1 Å². The van der Waals surface area contributed by atoms with Crippen LogP contribution in [0.15, 0.2) is 54.6 Å². The molecule has 258 valence electrons. The number of nitrogens with zero attached hydrogens (tertiary/aromatic N) is 3. The number of carbonyl (C=O) groups excluding carboxylic acids is 3. The molecule has 12 heteroatoms. The molecule has 1 fully saturated rings. The van der Waals surface area contributed by atoms with Crippen LogP contribution in [-0.2, 0) is 23.8 Å². The van der Waals surface area contributed by atoms with Crippen LogP contribution in [0, 0.1) is 5.92 Å². The normalized spacial score (nSPS) is 16.6. The molecule has 0 saturated carbocycles. The highest BCUT2D eigenvalue weighted by Gasteiger charge is 2.36. The van der Waals surface area contributed by atoms with Crippen LogP contribution in [0.1, 0.15) is 69.3 Å². The number of rotatable bonds is 14. The first kappa shape index (κ1) is 34.9. The van der Waals surface area contributed by atoms with Gasteiger partial charge in [0.1, 0.15) is 40.8 Å². The second-order valence-corrected chi connectivity index (χ2v) is 13.2. The smallest absolute Gasteiger partial charge is 0.306 e. The summed E-state index contributed by atoms with van der Waals surface area (Å²) in [6.45, 7) is 8.58. The molecule has 3 heterocycles. The molecule has 12 nitrogen and oxygen atoms in total. The summed E-state index contributed by atoms with van der Waals surface area (Å²) in [6, 6.07) is 17.1. The van der Waals surface area contributed by atoms with Crippen molar-refractivity contribution in [2.75, 3.05) is 51.4 Å². The number of aromatic nitrogens is 2. The molecular formula is C36H47N5O7. The van der Waals surface area contributed by atoms with E-state index < -0.39 is 11.5 Å². The largest absolute Gasteiger partial charge is 0.460 e. The SMILES string of the molecule is CC(C)(C)OC(=O)CCCOCCOCC(=O)N1CCC([C@@H]2CCNc3c(C(N)=O)c(-c4ccc(Oc5ccccc5)cc4)nn32)CC1. The molecule has 2 aliphatic rings. The van der Waals surface area contributed by atoms with Crippen LogP contribution >= 0.6 is 0 Å². The van der Waals surface area contributed by atoms with E-state index in [-0.39, 0.29) is 24.5 Å². The van der Waals surface area contributed by atoms with Crippen molar-refractivity contribution < 1.29 is 33.3 Å². The molecule has 1 aromatic heterocycles. The third-order valence-electron chi connectivity index (χ3n) is 8.43. The highest BCUT2D eigenvalue weighted by atomic mass is 16.6. The Morgan fingerprint density at radius 3 is 2.29 bits per heavy atom. The number of hydrogen-bond acceptors (Lipinski definition) is 9. The van der Waals surface area contributed by atoms with Crippen molar-refractivity contribution in [3.8, 4) is 22.8 Å². The van der Waals surface area contributed by atoms with Crippen LogP contribution in [0.25, 0.3) is 11.3 Å². The monoisotopic (exact) mass is 661 g/mol. The van der Waals surface area contributed by atoms with Crippen LogP contribution in [0.4, 0.5) is 5.82 Å². The van der Waals surface area contributed by atoms with Gasteiger partial charge in [0.2, 0.25) is 5.91 Å². The summed E-state index contributed by atoms with van der Waals surface area (Å²) in [6.07, 6.45) is 3.38. The topological polar surface area (TPSA) is 147 Å². The van der Waals surface area contributed by atoms with Gasteiger partial charge in [-0.25, -0.2) is 4.68 Å². The highest BCUT2D eigenvalue weighted by molar-refractivity contribution is 6.03. The Morgan fingerprint density at radius 2 is 1.60 bits per heavy atom. The zero-order valence-electron chi connectivity index (χ0n) is 28.1. The van der Waals surface area contributed by atoms with E-state index in [0.29, 0.717) is 81.0 Å². The van der Waals surface area contributed by atoms with Gasteiger partial charge in [-0.1, -0.05) is 18.2 Å². The first-order valence-corrected chi connectivity index (χ1v) is 16.7. The lowest BCUT2D eigenvalue weighted by atomic mass is 9.87. The summed E-state index contributed by atoms with van der Waals surface area (Å²) in [5.74, 6) is 1.55. The van der Waals surface area contributed by atoms with Gasteiger partial charge in [-0.3, -0.25) is 14.4 Å². The number of ether oxygens (including phenoxy) is 4. The number of para-hydroxylation sites is 1. The molecule has 1 saturated heterocycles. The molecule has 0 unspecified atom stereocenters. The first-order valence-electron chi connectivity index (χ1n) is 16.7. The molecule has 2 amide bonds. The molecule has 3 N–H and O–H groups in total. The van der Waals surface area contributed by atoms with Gasteiger partial charge in [-0.05, 0) is 88.8 Å². The van der Waals surface area contributed by atoms with Gasteiger partial charge in [0, 0.05) is 38.2 Å². The van der Waals surface area contributed by atoms with Gasteiger partial charge in [0.05, 0.1) is 19.3 Å². The van der Waals surface area contributed by atoms with Crippen LogP contribution in [0.5, 0.6) is 11.5 Å². The standard InChI is InChI=1S/C36H47N5O7/c1-36(2,3)48-31(43)10-7-21-45-22-23-46-24-30(42)40-19-16-25(17-20-40)29-15-18-38-35-32(34(37)44)33(39-41(29)35)26-11-13-28(14-12-26)47-27-8-5-4-6-9-27/h4-6,8-9,11-14,25,29,38H,7,10,15-24H2,1-3H3,(H2,37,44)/t29-/m0/s1. The molecule has 0 bridgehead atoms. The molecule has 2 aromatic carbocycles. The Balaban J connectivity index is 1.09. The van der Waals surface area contributed by atoms with Gasteiger partial charge in [0.15, 0.2) is 0 Å². The van der Waals surface area contributed by atoms with Crippen molar-refractivity contribution in [1.29, 1.82) is 0 Å². The summed E-state index contributed by atoms with van der Waals surface area (Å²) in [7, 11) is 0. The van der Waals surface area contributed by atoms with Crippen LogP contribution in [0.2, 0.25) is 0 Å². The molecule has 0 radical (unpaired) electrons. The second kappa shape index (κ2) is 16.1. The van der Waals surface area contributed by atoms with E-state index in [1.807, 2.05) is 85.0 Å². The number of benzene rings is 2. The minimum atomic E-state index is -0.532. The maximum atomic E-state index is 12.8.